The molecule has 0 radical (unpaired) electrons. The summed E-state index contributed by atoms with van der Waals surface area (Å²) in [6.07, 6.45) is 5.41. The fraction of sp³-hybridized carbons (Fsp3) is 0.526. The van der Waals surface area contributed by atoms with Crippen LogP contribution < -0.4 is 0 Å². The zero-order valence-corrected chi connectivity index (χ0v) is 13.0. The molecule has 106 valence electrons. The topological polar surface area (TPSA) is 17.1 Å². The van der Waals surface area contributed by atoms with Crippen molar-refractivity contribution >= 4 is 11.9 Å². The Bertz CT molecular complexity index is 576. The van der Waals surface area contributed by atoms with Gasteiger partial charge in [-0.05, 0) is 53.4 Å². The van der Waals surface area contributed by atoms with Gasteiger partial charge in [0, 0.05) is 5.41 Å². The van der Waals surface area contributed by atoms with Crippen molar-refractivity contribution in [3.8, 4) is 0 Å². The number of allylic oxidation sites excluding steroid dienone is 1. The zero-order valence-electron chi connectivity index (χ0n) is 13.0. The molecule has 0 aliphatic heterocycles. The molecule has 2 fully saturated rings. The van der Waals surface area contributed by atoms with E-state index in [9.17, 15) is 4.79 Å². The summed E-state index contributed by atoms with van der Waals surface area (Å²) >= 11 is 0. The van der Waals surface area contributed by atoms with Gasteiger partial charge in [0.2, 0.25) is 0 Å². The molecule has 0 heterocycles. The maximum absolute atomic E-state index is 12.8. The predicted molar refractivity (Wildman–Crippen MR) is 83.4 cm³/mol. The molecule has 2 unspecified atom stereocenters. The van der Waals surface area contributed by atoms with E-state index in [1.165, 1.54) is 5.56 Å². The van der Waals surface area contributed by atoms with E-state index >= 15 is 0 Å². The normalized spacial score (nSPS) is 33.1. The molecule has 1 aromatic carbocycles. The first kappa shape index (κ1) is 13.6. The summed E-state index contributed by atoms with van der Waals surface area (Å²) in [7, 11) is 0. The Balaban J connectivity index is 1.99. The molecule has 2 aliphatic carbocycles. The summed E-state index contributed by atoms with van der Waals surface area (Å²) in [5.74, 6) is 0.823. The highest BCUT2D eigenvalue weighted by Crippen LogP contribution is 2.65. The molecule has 3 rings (SSSR count). The lowest BCUT2D eigenvalue weighted by atomic mass is 9.70. The molecule has 0 N–H and O–H groups in total. The standard InChI is InChI=1S/C19H24O/c1-5-13-6-8-14(9-7-13)12-15-16-10-11-19(4,17(15)20)18(16,2)3/h6-9,12,16H,5,10-11H2,1-4H3. The number of fused-ring (bicyclic) bond motifs is 2. The van der Waals surface area contributed by atoms with Gasteiger partial charge in [0.1, 0.15) is 0 Å². The summed E-state index contributed by atoms with van der Waals surface area (Å²) < 4.78 is 0. The monoisotopic (exact) mass is 268 g/mol. The number of carbonyl (C=O) groups excluding carboxylic acids is 1. The van der Waals surface area contributed by atoms with Gasteiger partial charge in [-0.1, -0.05) is 52.0 Å². The van der Waals surface area contributed by atoms with Gasteiger partial charge in [0.15, 0.2) is 5.78 Å². The van der Waals surface area contributed by atoms with Crippen LogP contribution in [0, 0.1) is 16.7 Å². The van der Waals surface area contributed by atoms with Gasteiger partial charge in [-0.25, -0.2) is 0 Å². The Morgan fingerprint density at radius 1 is 1.20 bits per heavy atom. The van der Waals surface area contributed by atoms with E-state index in [4.69, 9.17) is 0 Å². The van der Waals surface area contributed by atoms with Crippen molar-refractivity contribution in [1.29, 1.82) is 0 Å². The summed E-state index contributed by atoms with van der Waals surface area (Å²) in [5, 5.41) is 0. The molecule has 2 atom stereocenters. The number of aryl methyl sites for hydroxylation is 1. The van der Waals surface area contributed by atoms with E-state index in [-0.39, 0.29) is 10.8 Å². The lowest BCUT2D eigenvalue weighted by molar-refractivity contribution is -0.125. The Labute approximate surface area is 122 Å². The first-order valence-electron chi connectivity index (χ1n) is 7.75. The second kappa shape index (κ2) is 4.31. The van der Waals surface area contributed by atoms with Crippen LogP contribution in [0.15, 0.2) is 29.8 Å². The molecule has 1 heteroatoms. The second-order valence-corrected chi connectivity index (χ2v) is 7.17. The van der Waals surface area contributed by atoms with Crippen molar-refractivity contribution in [3.63, 3.8) is 0 Å². The Morgan fingerprint density at radius 3 is 2.35 bits per heavy atom. The van der Waals surface area contributed by atoms with Gasteiger partial charge < -0.3 is 0 Å². The van der Waals surface area contributed by atoms with E-state index in [1.807, 2.05) is 0 Å². The van der Waals surface area contributed by atoms with Crippen LogP contribution in [0.4, 0.5) is 0 Å². The van der Waals surface area contributed by atoms with Gasteiger partial charge in [-0.3, -0.25) is 4.79 Å². The SMILES string of the molecule is CCc1ccc(C=C2C(=O)C3(C)CCC2C3(C)C)cc1. The third kappa shape index (κ3) is 1.65. The number of Topliss-reactive ketones (excluding diaryl/α,β-unsaturated/α-hetero) is 1. The minimum absolute atomic E-state index is 0.110. The van der Waals surface area contributed by atoms with Crippen LogP contribution in [0.25, 0.3) is 6.08 Å². The minimum atomic E-state index is -0.146. The van der Waals surface area contributed by atoms with E-state index in [1.54, 1.807) is 0 Å². The number of hydrogen-bond acceptors (Lipinski definition) is 1. The van der Waals surface area contributed by atoms with Crippen LogP contribution in [-0.4, -0.2) is 5.78 Å². The van der Waals surface area contributed by atoms with Crippen molar-refractivity contribution in [2.24, 2.45) is 16.7 Å². The molecule has 0 amide bonds. The van der Waals surface area contributed by atoms with E-state index in [0.29, 0.717) is 11.7 Å². The highest BCUT2D eigenvalue weighted by molar-refractivity contribution is 6.07. The summed E-state index contributed by atoms with van der Waals surface area (Å²) in [5.41, 5.74) is 3.54. The first-order valence-corrected chi connectivity index (χ1v) is 7.75. The van der Waals surface area contributed by atoms with Crippen LogP contribution >= 0.6 is 0 Å². The molecule has 2 aliphatic rings. The maximum Gasteiger partial charge on any atom is 0.165 e. The number of hydrogen-bond donors (Lipinski definition) is 0. The Hall–Kier alpha value is -1.37. The largest absolute Gasteiger partial charge is 0.294 e. The van der Waals surface area contributed by atoms with Gasteiger partial charge in [-0.2, -0.15) is 0 Å². The van der Waals surface area contributed by atoms with E-state index < -0.39 is 0 Å². The quantitative estimate of drug-likeness (QED) is 0.713. The number of benzene rings is 1. The second-order valence-electron chi connectivity index (χ2n) is 7.17. The van der Waals surface area contributed by atoms with Crippen molar-refractivity contribution in [1.82, 2.24) is 0 Å². The zero-order chi connectivity index (χ0) is 14.5. The van der Waals surface area contributed by atoms with E-state index in [0.717, 1.165) is 30.4 Å². The number of ketones is 1. The molecule has 1 aromatic rings. The molecular formula is C19H24O. The molecular weight excluding hydrogens is 244 g/mol. The minimum Gasteiger partial charge on any atom is -0.294 e. The molecule has 0 aromatic heterocycles. The first-order chi connectivity index (χ1) is 9.40. The average Bonchev–Trinajstić information content (AvgIpc) is 2.74. The van der Waals surface area contributed by atoms with Crippen LogP contribution in [-0.2, 0) is 11.2 Å². The lowest BCUT2D eigenvalue weighted by Gasteiger charge is -2.31. The van der Waals surface area contributed by atoms with Crippen molar-refractivity contribution in [2.45, 2.75) is 47.0 Å². The van der Waals surface area contributed by atoms with E-state index in [2.05, 4.69) is 58.0 Å². The summed E-state index contributed by atoms with van der Waals surface area (Å²) in [6.45, 7) is 8.86. The number of rotatable bonds is 2. The smallest absolute Gasteiger partial charge is 0.165 e. The Kier molecular flexibility index (Phi) is 2.93. The number of carbonyl (C=O) groups is 1. The molecule has 0 saturated heterocycles. The van der Waals surface area contributed by atoms with Gasteiger partial charge >= 0.3 is 0 Å². The average molecular weight is 268 g/mol. The summed E-state index contributed by atoms with van der Waals surface area (Å²) in [4.78, 5) is 12.8. The molecule has 2 saturated carbocycles. The summed E-state index contributed by atoms with van der Waals surface area (Å²) in [6, 6.07) is 8.61. The van der Waals surface area contributed by atoms with Crippen molar-refractivity contribution < 1.29 is 4.79 Å². The maximum atomic E-state index is 12.8. The molecule has 20 heavy (non-hydrogen) atoms. The Morgan fingerprint density at radius 2 is 1.85 bits per heavy atom. The molecule has 2 bridgehead atoms. The van der Waals surface area contributed by atoms with Crippen LogP contribution in [0.5, 0.6) is 0 Å². The van der Waals surface area contributed by atoms with Crippen molar-refractivity contribution in [3.05, 3.63) is 41.0 Å². The van der Waals surface area contributed by atoms with Crippen LogP contribution in [0.3, 0.4) is 0 Å². The van der Waals surface area contributed by atoms with Gasteiger partial charge in [-0.15, -0.1) is 0 Å². The predicted octanol–water partition coefficient (Wildman–Crippen LogP) is 4.66. The lowest BCUT2D eigenvalue weighted by Crippen LogP contribution is -2.32. The molecule has 0 spiro atoms. The van der Waals surface area contributed by atoms with Gasteiger partial charge in [0.25, 0.3) is 0 Å². The van der Waals surface area contributed by atoms with Crippen LogP contribution in [0.1, 0.15) is 51.7 Å². The third-order valence-corrected chi connectivity index (χ3v) is 6.08. The van der Waals surface area contributed by atoms with Crippen LogP contribution in [0.2, 0.25) is 0 Å². The fourth-order valence-corrected chi connectivity index (χ4v) is 4.12. The fourth-order valence-electron chi connectivity index (χ4n) is 4.12. The molecule has 1 nitrogen and oxygen atoms in total. The highest BCUT2D eigenvalue weighted by atomic mass is 16.1. The van der Waals surface area contributed by atoms with Gasteiger partial charge in [0.05, 0.1) is 0 Å². The highest BCUT2D eigenvalue weighted by Gasteiger charge is 2.63. The third-order valence-electron chi connectivity index (χ3n) is 6.08. The van der Waals surface area contributed by atoms with Crippen molar-refractivity contribution in [2.75, 3.05) is 0 Å².